The molecule has 3 heterocycles. The minimum absolute atomic E-state index is 0.0792. The molecule has 2 aromatic heterocycles. The minimum atomic E-state index is -0.0792. The van der Waals surface area contributed by atoms with E-state index in [-0.39, 0.29) is 10.2 Å². The first-order chi connectivity index (χ1) is 13.5. The van der Waals surface area contributed by atoms with Crippen LogP contribution in [0.15, 0.2) is 42.6 Å². The number of fused-ring (bicyclic) bond motifs is 1. The summed E-state index contributed by atoms with van der Waals surface area (Å²) in [5.74, 6) is 1.72. The highest BCUT2D eigenvalue weighted by Crippen LogP contribution is 2.31. The molecule has 0 saturated carbocycles. The van der Waals surface area contributed by atoms with Gasteiger partial charge in [0.15, 0.2) is 5.17 Å². The van der Waals surface area contributed by atoms with Gasteiger partial charge in [-0.15, -0.1) is 0 Å². The Labute approximate surface area is 168 Å². The number of hydrogen-bond acceptors (Lipinski definition) is 5. The van der Waals surface area contributed by atoms with Gasteiger partial charge in [-0.3, -0.25) is 10.8 Å². The molecule has 1 aliphatic heterocycles. The third-order valence-electron chi connectivity index (χ3n) is 5.15. The lowest BCUT2D eigenvalue weighted by atomic mass is 10.0. The van der Waals surface area contributed by atoms with Crippen molar-refractivity contribution in [2.45, 2.75) is 19.8 Å². The Balaban J connectivity index is 1.70. The van der Waals surface area contributed by atoms with E-state index in [1.807, 2.05) is 30.5 Å². The van der Waals surface area contributed by atoms with E-state index in [1.165, 1.54) is 12.8 Å². The summed E-state index contributed by atoms with van der Waals surface area (Å²) in [6.45, 7) is 4.40. The summed E-state index contributed by atoms with van der Waals surface area (Å²) in [7, 11) is 0. The summed E-state index contributed by atoms with van der Waals surface area (Å²) in [6.07, 6.45) is 4.46. The lowest BCUT2D eigenvalue weighted by Gasteiger charge is -2.32. The zero-order valence-electron chi connectivity index (χ0n) is 15.8. The topological polar surface area (TPSA) is 106 Å². The molecule has 0 aliphatic carbocycles. The van der Waals surface area contributed by atoms with Gasteiger partial charge in [-0.2, -0.15) is 0 Å². The summed E-state index contributed by atoms with van der Waals surface area (Å²) in [4.78, 5) is 10.6. The Morgan fingerprint density at radius 1 is 1.29 bits per heavy atom. The highest BCUT2D eigenvalue weighted by Gasteiger charge is 2.18. The van der Waals surface area contributed by atoms with Crippen molar-refractivity contribution in [2.24, 2.45) is 11.7 Å². The van der Waals surface area contributed by atoms with Gasteiger partial charge in [-0.05, 0) is 54.8 Å². The Bertz CT molecular complexity index is 1040. The molecule has 7 heteroatoms. The molecule has 0 amide bonds. The van der Waals surface area contributed by atoms with Crippen LogP contribution in [0.5, 0.6) is 0 Å². The monoisotopic (exact) mass is 392 g/mol. The van der Waals surface area contributed by atoms with Crippen LogP contribution in [0.2, 0.25) is 0 Å². The fourth-order valence-corrected chi connectivity index (χ4v) is 4.25. The highest BCUT2D eigenvalue weighted by molar-refractivity contribution is 8.26. The van der Waals surface area contributed by atoms with Gasteiger partial charge < -0.3 is 15.6 Å². The second-order valence-corrected chi connectivity index (χ2v) is 8.38. The normalized spacial score (nSPS) is 17.0. The van der Waals surface area contributed by atoms with Crippen molar-refractivity contribution in [3.63, 3.8) is 0 Å². The van der Waals surface area contributed by atoms with Gasteiger partial charge >= 0.3 is 0 Å². The Kier molecular flexibility index (Phi) is 5.09. The zero-order chi connectivity index (χ0) is 19.7. The summed E-state index contributed by atoms with van der Waals surface area (Å²) < 4.78 is 0. The van der Waals surface area contributed by atoms with Crippen molar-refractivity contribution < 1.29 is 0 Å². The molecule has 1 saturated heterocycles. The number of nitrogens with zero attached hydrogens (tertiary/aromatic N) is 2. The smallest absolute Gasteiger partial charge is 0.157 e. The largest absolute Gasteiger partial charge is 0.378 e. The number of hydrogen-bond donors (Lipinski definition) is 4. The molecule has 1 fully saturated rings. The highest BCUT2D eigenvalue weighted by atomic mass is 32.2. The molecule has 144 valence electrons. The molecule has 5 N–H and O–H groups in total. The van der Waals surface area contributed by atoms with Gasteiger partial charge in [0, 0.05) is 41.3 Å². The number of benzene rings is 1. The maximum Gasteiger partial charge on any atom is 0.157 e. The maximum atomic E-state index is 8.16. The van der Waals surface area contributed by atoms with Gasteiger partial charge in [0.2, 0.25) is 0 Å². The molecular weight excluding hydrogens is 368 g/mol. The van der Waals surface area contributed by atoms with Crippen molar-refractivity contribution in [3.05, 3.63) is 48.2 Å². The number of anilines is 1. The Hall–Kier alpha value is -2.80. The lowest BCUT2D eigenvalue weighted by Crippen LogP contribution is -2.34. The van der Waals surface area contributed by atoms with Crippen molar-refractivity contribution in [1.82, 2.24) is 9.97 Å². The van der Waals surface area contributed by atoms with Crippen molar-refractivity contribution in [3.8, 4) is 11.3 Å². The van der Waals surface area contributed by atoms with Gasteiger partial charge in [-0.1, -0.05) is 19.1 Å². The van der Waals surface area contributed by atoms with E-state index in [9.17, 15) is 0 Å². The summed E-state index contributed by atoms with van der Waals surface area (Å²) in [5.41, 5.74) is 9.11. The van der Waals surface area contributed by atoms with E-state index in [4.69, 9.17) is 21.5 Å². The number of amidine groups is 1. The Morgan fingerprint density at radius 3 is 2.93 bits per heavy atom. The number of piperidine rings is 1. The van der Waals surface area contributed by atoms with Crippen LogP contribution in [0, 0.1) is 16.7 Å². The van der Waals surface area contributed by atoms with E-state index < -0.39 is 0 Å². The van der Waals surface area contributed by atoms with Crippen LogP contribution in [0.3, 0.4) is 0 Å². The van der Waals surface area contributed by atoms with Crippen molar-refractivity contribution >= 4 is 38.7 Å². The molecule has 0 radical (unpaired) electrons. The van der Waals surface area contributed by atoms with Crippen LogP contribution in [-0.4, -0.2) is 33.3 Å². The number of aromatic nitrogens is 2. The number of nitrogens with two attached hydrogens (primary N) is 1. The van der Waals surface area contributed by atoms with E-state index >= 15 is 0 Å². The third-order valence-corrected chi connectivity index (χ3v) is 5.81. The van der Waals surface area contributed by atoms with Gasteiger partial charge in [0.25, 0.3) is 0 Å². The number of nitrogens with one attached hydrogen (secondary N) is 3. The predicted molar refractivity (Wildman–Crippen MR) is 118 cm³/mol. The first kappa shape index (κ1) is 18.6. The van der Waals surface area contributed by atoms with Crippen LogP contribution >= 0.6 is 11.8 Å². The molecule has 3 aromatic rings. The van der Waals surface area contributed by atoms with Crippen LogP contribution < -0.4 is 10.6 Å². The summed E-state index contributed by atoms with van der Waals surface area (Å²) >= 11 is 0.954. The quantitative estimate of drug-likeness (QED) is 0.391. The molecule has 0 bridgehead atoms. The minimum Gasteiger partial charge on any atom is -0.378 e. The second kappa shape index (κ2) is 7.67. The van der Waals surface area contributed by atoms with Crippen LogP contribution in [-0.2, 0) is 0 Å². The van der Waals surface area contributed by atoms with Gasteiger partial charge in [-0.25, -0.2) is 4.98 Å². The molecule has 0 spiro atoms. The molecule has 1 aromatic carbocycles. The fourth-order valence-electron chi connectivity index (χ4n) is 3.79. The Morgan fingerprint density at radius 2 is 2.14 bits per heavy atom. The molecule has 28 heavy (non-hydrogen) atoms. The number of thioether (sulfide) groups is 1. The summed E-state index contributed by atoms with van der Waals surface area (Å²) in [6, 6.07) is 12.0. The fraction of sp³-hybridized carbons (Fsp3) is 0.286. The van der Waals surface area contributed by atoms with Gasteiger partial charge in [0.05, 0.1) is 5.69 Å². The van der Waals surface area contributed by atoms with Crippen LogP contribution in [0.1, 0.15) is 25.3 Å². The van der Waals surface area contributed by atoms with Crippen LogP contribution in [0.25, 0.3) is 22.2 Å². The number of pyridine rings is 1. The van der Waals surface area contributed by atoms with E-state index in [0.717, 1.165) is 58.4 Å². The average Bonchev–Trinajstić information content (AvgIpc) is 3.11. The van der Waals surface area contributed by atoms with E-state index in [0.29, 0.717) is 5.92 Å². The molecule has 1 aliphatic rings. The van der Waals surface area contributed by atoms with E-state index in [2.05, 4.69) is 28.9 Å². The number of rotatable bonds is 3. The van der Waals surface area contributed by atoms with Crippen molar-refractivity contribution in [1.29, 1.82) is 10.8 Å². The molecule has 1 atom stereocenters. The predicted octanol–water partition coefficient (Wildman–Crippen LogP) is 4.42. The van der Waals surface area contributed by atoms with Crippen LogP contribution in [0.4, 0.5) is 5.82 Å². The third kappa shape index (κ3) is 3.75. The zero-order valence-corrected chi connectivity index (χ0v) is 16.6. The number of aromatic amines is 1. The second-order valence-electron chi connectivity index (χ2n) is 7.33. The SMILES string of the molecule is CC1CCCN(c2cccc(-c3c[nH]c4ccc(C(=N)SC(=N)N)cc34)n2)C1. The summed E-state index contributed by atoms with van der Waals surface area (Å²) in [5, 5.41) is 16.8. The lowest BCUT2D eigenvalue weighted by molar-refractivity contribution is 0.444. The first-order valence-corrected chi connectivity index (χ1v) is 10.3. The molecule has 6 nitrogen and oxygen atoms in total. The first-order valence-electron chi connectivity index (χ1n) is 9.45. The van der Waals surface area contributed by atoms with Gasteiger partial charge in [0.1, 0.15) is 10.9 Å². The molecular formula is C21H24N6S. The average molecular weight is 393 g/mol. The maximum absolute atomic E-state index is 8.16. The number of H-pyrrole nitrogens is 1. The molecule has 1 unspecified atom stereocenters. The van der Waals surface area contributed by atoms with E-state index in [1.54, 1.807) is 0 Å². The standard InChI is InChI=1S/C21H24N6S/c1-13-4-3-9-27(12-13)19-6-2-5-18(26-19)16-11-25-17-8-7-14(10-15(16)17)20(22)28-21(23)24/h2,5-8,10-11,13,22,25H,3-4,9,12H2,1H3,(H3,23,24). The van der Waals surface area contributed by atoms with Crippen molar-refractivity contribution in [2.75, 3.05) is 18.0 Å². The molecule has 4 rings (SSSR count).